The van der Waals surface area contributed by atoms with E-state index in [4.69, 9.17) is 14.2 Å². The molecule has 0 aliphatic carbocycles. The molecule has 3 rings (SSSR count). The molecule has 0 N–H and O–H groups in total. The van der Waals surface area contributed by atoms with E-state index in [1.54, 1.807) is 17.0 Å². The third-order valence-electron chi connectivity index (χ3n) is 3.94. The molecular formula is C20H23NO4. The fourth-order valence-electron chi connectivity index (χ4n) is 2.85. The molecule has 5 nitrogen and oxygen atoms in total. The smallest absolute Gasteiger partial charge is 0.260 e. The molecule has 2 aromatic carbocycles. The minimum atomic E-state index is -0.0217. The normalized spacial score (nSPS) is 20.2. The van der Waals surface area contributed by atoms with E-state index >= 15 is 0 Å². The van der Waals surface area contributed by atoms with Crippen molar-refractivity contribution in [3.63, 3.8) is 0 Å². The second-order valence-corrected chi connectivity index (χ2v) is 6.23. The number of amides is 1. The average Bonchev–Trinajstić information content (AvgIpc) is 2.61. The maximum Gasteiger partial charge on any atom is 0.260 e. The van der Waals surface area contributed by atoms with E-state index in [1.165, 1.54) is 0 Å². The first-order valence-corrected chi connectivity index (χ1v) is 8.49. The van der Waals surface area contributed by atoms with Crippen LogP contribution in [0.5, 0.6) is 17.2 Å². The number of rotatable bonds is 5. The summed E-state index contributed by atoms with van der Waals surface area (Å²) in [6.45, 7) is 5.19. The lowest BCUT2D eigenvalue weighted by atomic mass is 10.2. The van der Waals surface area contributed by atoms with Gasteiger partial charge in [0.15, 0.2) is 6.61 Å². The molecule has 132 valence electrons. The van der Waals surface area contributed by atoms with Crippen molar-refractivity contribution in [2.75, 3.05) is 19.7 Å². The summed E-state index contributed by atoms with van der Waals surface area (Å²) in [5.74, 6) is 2.12. The molecule has 2 aromatic rings. The van der Waals surface area contributed by atoms with Gasteiger partial charge in [0.05, 0.1) is 12.2 Å². The zero-order chi connectivity index (χ0) is 17.6. The summed E-state index contributed by atoms with van der Waals surface area (Å²) in [5.41, 5.74) is 0. The molecule has 1 amide bonds. The maximum atomic E-state index is 12.3. The Bertz CT molecular complexity index is 677. The van der Waals surface area contributed by atoms with Crippen molar-refractivity contribution in [2.45, 2.75) is 26.1 Å². The maximum absolute atomic E-state index is 12.3. The third-order valence-corrected chi connectivity index (χ3v) is 3.94. The van der Waals surface area contributed by atoms with E-state index in [0.717, 1.165) is 11.5 Å². The molecule has 5 heteroatoms. The Morgan fingerprint density at radius 3 is 2.16 bits per heavy atom. The highest BCUT2D eigenvalue weighted by molar-refractivity contribution is 5.78. The third kappa shape index (κ3) is 4.97. The monoisotopic (exact) mass is 341 g/mol. The van der Waals surface area contributed by atoms with E-state index < -0.39 is 0 Å². The fraction of sp³-hybridized carbons (Fsp3) is 0.350. The van der Waals surface area contributed by atoms with Gasteiger partial charge in [-0.2, -0.15) is 0 Å². The summed E-state index contributed by atoms with van der Waals surface area (Å²) in [5, 5.41) is 0. The van der Waals surface area contributed by atoms with E-state index in [-0.39, 0.29) is 24.7 Å². The van der Waals surface area contributed by atoms with Crippen molar-refractivity contribution in [3.8, 4) is 17.2 Å². The molecule has 1 aliphatic heterocycles. The number of ether oxygens (including phenoxy) is 3. The molecule has 0 saturated carbocycles. The van der Waals surface area contributed by atoms with Gasteiger partial charge >= 0.3 is 0 Å². The van der Waals surface area contributed by atoms with Crippen molar-refractivity contribution in [3.05, 3.63) is 54.6 Å². The van der Waals surface area contributed by atoms with Gasteiger partial charge in [-0.25, -0.2) is 0 Å². The number of carbonyl (C=O) groups is 1. The van der Waals surface area contributed by atoms with Gasteiger partial charge < -0.3 is 19.1 Å². The second kappa shape index (κ2) is 8.03. The molecule has 1 aliphatic rings. The van der Waals surface area contributed by atoms with Crippen molar-refractivity contribution >= 4 is 5.91 Å². The molecule has 2 atom stereocenters. The van der Waals surface area contributed by atoms with Crippen LogP contribution in [0, 0.1) is 0 Å². The molecule has 0 unspecified atom stereocenters. The van der Waals surface area contributed by atoms with E-state index in [2.05, 4.69) is 0 Å². The van der Waals surface area contributed by atoms with Crippen molar-refractivity contribution in [1.82, 2.24) is 4.90 Å². The minimum absolute atomic E-state index is 0.0217. The highest BCUT2D eigenvalue weighted by Crippen LogP contribution is 2.23. The van der Waals surface area contributed by atoms with Crippen LogP contribution in [-0.4, -0.2) is 42.7 Å². The molecule has 0 spiro atoms. The van der Waals surface area contributed by atoms with Crippen LogP contribution in [0.15, 0.2) is 54.6 Å². The molecule has 1 heterocycles. The number of para-hydroxylation sites is 1. The summed E-state index contributed by atoms with van der Waals surface area (Å²) >= 11 is 0. The predicted molar refractivity (Wildman–Crippen MR) is 95.0 cm³/mol. The van der Waals surface area contributed by atoms with Crippen LogP contribution in [0.2, 0.25) is 0 Å². The number of benzene rings is 2. The summed E-state index contributed by atoms with van der Waals surface area (Å²) in [4.78, 5) is 14.1. The fourth-order valence-corrected chi connectivity index (χ4v) is 2.85. The lowest BCUT2D eigenvalue weighted by Crippen LogP contribution is -2.49. The standard InChI is InChI=1S/C20H23NO4/c1-15-12-21(13-16(2)24-15)20(22)14-23-17-8-10-19(11-9-17)25-18-6-4-3-5-7-18/h3-11,15-16H,12-14H2,1-2H3/t15-,16+. The lowest BCUT2D eigenvalue weighted by molar-refractivity contribution is -0.145. The first-order valence-electron chi connectivity index (χ1n) is 8.49. The average molecular weight is 341 g/mol. The molecule has 1 saturated heterocycles. The van der Waals surface area contributed by atoms with Crippen LogP contribution in [0.1, 0.15) is 13.8 Å². The Kier molecular flexibility index (Phi) is 5.56. The highest BCUT2D eigenvalue weighted by Gasteiger charge is 2.25. The molecular weight excluding hydrogens is 318 g/mol. The van der Waals surface area contributed by atoms with Gasteiger partial charge in [-0.15, -0.1) is 0 Å². The molecule has 0 radical (unpaired) electrons. The van der Waals surface area contributed by atoms with Gasteiger partial charge in [0.2, 0.25) is 0 Å². The van der Waals surface area contributed by atoms with Crippen LogP contribution in [0.4, 0.5) is 0 Å². The first-order chi connectivity index (χ1) is 12.1. The van der Waals surface area contributed by atoms with Crippen LogP contribution < -0.4 is 9.47 Å². The number of morpholine rings is 1. The van der Waals surface area contributed by atoms with Crippen LogP contribution in [0.3, 0.4) is 0 Å². The van der Waals surface area contributed by atoms with Crippen molar-refractivity contribution in [2.24, 2.45) is 0 Å². The lowest BCUT2D eigenvalue weighted by Gasteiger charge is -2.35. The number of carbonyl (C=O) groups excluding carboxylic acids is 1. The number of nitrogens with zero attached hydrogens (tertiary/aromatic N) is 1. The molecule has 0 aromatic heterocycles. The van der Waals surface area contributed by atoms with E-state index in [1.807, 2.05) is 56.3 Å². The Morgan fingerprint density at radius 1 is 0.960 bits per heavy atom. The van der Waals surface area contributed by atoms with Gasteiger partial charge in [-0.1, -0.05) is 18.2 Å². The quantitative estimate of drug-likeness (QED) is 0.835. The van der Waals surface area contributed by atoms with Gasteiger partial charge in [-0.3, -0.25) is 4.79 Å². The topological polar surface area (TPSA) is 48.0 Å². The first kappa shape index (κ1) is 17.3. The Labute approximate surface area is 148 Å². The van der Waals surface area contributed by atoms with Crippen LogP contribution in [-0.2, 0) is 9.53 Å². The summed E-state index contributed by atoms with van der Waals surface area (Å²) in [6, 6.07) is 16.8. The van der Waals surface area contributed by atoms with E-state index in [9.17, 15) is 4.79 Å². The SMILES string of the molecule is C[C@@H]1CN(C(=O)COc2ccc(Oc3ccccc3)cc2)C[C@H](C)O1. The summed E-state index contributed by atoms with van der Waals surface area (Å²) < 4.78 is 17.0. The van der Waals surface area contributed by atoms with Crippen molar-refractivity contribution in [1.29, 1.82) is 0 Å². The highest BCUT2D eigenvalue weighted by atomic mass is 16.5. The number of hydrogen-bond acceptors (Lipinski definition) is 4. The predicted octanol–water partition coefficient (Wildman–Crippen LogP) is 3.49. The zero-order valence-corrected chi connectivity index (χ0v) is 14.6. The van der Waals surface area contributed by atoms with Gasteiger partial charge in [0.1, 0.15) is 17.2 Å². The minimum Gasteiger partial charge on any atom is -0.484 e. The van der Waals surface area contributed by atoms with Gasteiger partial charge in [0.25, 0.3) is 5.91 Å². The Balaban J connectivity index is 1.51. The zero-order valence-electron chi connectivity index (χ0n) is 14.6. The summed E-state index contributed by atoms with van der Waals surface area (Å²) in [7, 11) is 0. The van der Waals surface area contributed by atoms with Crippen LogP contribution >= 0.6 is 0 Å². The van der Waals surface area contributed by atoms with Gasteiger partial charge in [0, 0.05) is 13.1 Å². The molecule has 1 fully saturated rings. The summed E-state index contributed by atoms with van der Waals surface area (Å²) in [6.07, 6.45) is 0.115. The van der Waals surface area contributed by atoms with Crippen LogP contribution in [0.25, 0.3) is 0 Å². The van der Waals surface area contributed by atoms with Crippen molar-refractivity contribution < 1.29 is 19.0 Å². The van der Waals surface area contributed by atoms with E-state index in [0.29, 0.717) is 18.8 Å². The molecule has 0 bridgehead atoms. The Morgan fingerprint density at radius 2 is 1.52 bits per heavy atom. The molecule has 25 heavy (non-hydrogen) atoms. The largest absolute Gasteiger partial charge is 0.484 e. The number of hydrogen-bond donors (Lipinski definition) is 0. The Hall–Kier alpha value is -2.53. The van der Waals surface area contributed by atoms with Gasteiger partial charge in [-0.05, 0) is 50.2 Å². The second-order valence-electron chi connectivity index (χ2n) is 6.23.